The Bertz CT molecular complexity index is 1700. The van der Waals surface area contributed by atoms with Gasteiger partial charge in [-0.25, -0.2) is 29.5 Å². The zero-order valence-corrected chi connectivity index (χ0v) is 26.2. The number of aliphatic carboxylic acids is 1. The number of esters is 1. The first-order valence-electron chi connectivity index (χ1n) is 14.2. The number of carboxylic acid groups (broad SMARTS) is 1. The third-order valence-corrected chi connectivity index (χ3v) is 8.50. The number of carbonyl (C=O) groups excluding carboxylic acids is 1. The minimum Gasteiger partial charge on any atom is -0.480 e. The van der Waals surface area contributed by atoms with Crippen molar-refractivity contribution in [1.82, 2.24) is 19.9 Å². The van der Waals surface area contributed by atoms with E-state index in [0.29, 0.717) is 40.9 Å². The second-order valence-electron chi connectivity index (χ2n) is 11.3. The normalized spacial score (nSPS) is 17.9. The van der Waals surface area contributed by atoms with Crippen molar-refractivity contribution in [1.29, 1.82) is 0 Å². The molecular weight excluding hydrogens is 591 g/mol. The van der Waals surface area contributed by atoms with Crippen molar-refractivity contribution in [3.63, 3.8) is 0 Å². The lowest BCUT2D eigenvalue weighted by Gasteiger charge is -2.40. The van der Waals surface area contributed by atoms with Gasteiger partial charge in [0, 0.05) is 48.6 Å². The Hall–Kier alpha value is -3.76. The predicted octanol–water partition coefficient (Wildman–Crippen LogP) is 6.23. The zero-order chi connectivity index (χ0) is 31.0. The molecule has 0 saturated carbocycles. The summed E-state index contributed by atoms with van der Waals surface area (Å²) in [4.78, 5) is 44.2. The molecule has 2 atom stereocenters. The van der Waals surface area contributed by atoms with E-state index in [9.17, 15) is 14.7 Å². The topological polar surface area (TPSA) is 122 Å². The average Bonchev–Trinajstić information content (AvgIpc) is 2.91. The molecule has 2 saturated heterocycles. The van der Waals surface area contributed by atoms with Crippen LogP contribution in [-0.2, 0) is 14.3 Å². The van der Waals surface area contributed by atoms with Gasteiger partial charge in [-0.05, 0) is 58.7 Å². The van der Waals surface area contributed by atoms with Crippen LogP contribution in [0.25, 0.3) is 21.5 Å². The number of methoxy groups -OCH3 is 1. The summed E-state index contributed by atoms with van der Waals surface area (Å²) in [5, 5.41) is 13.9. The zero-order valence-electron chi connectivity index (χ0n) is 24.7. The van der Waals surface area contributed by atoms with Gasteiger partial charge in [-0.1, -0.05) is 50.9 Å². The highest BCUT2D eigenvalue weighted by molar-refractivity contribution is 6.30. The molecule has 2 aliphatic rings. The molecule has 0 spiro atoms. The van der Waals surface area contributed by atoms with E-state index in [1.165, 1.54) is 7.11 Å². The van der Waals surface area contributed by atoms with E-state index in [1.807, 2.05) is 34.3 Å². The fourth-order valence-corrected chi connectivity index (χ4v) is 5.85. The maximum absolute atomic E-state index is 11.8. The van der Waals surface area contributed by atoms with Crippen LogP contribution in [0.2, 0.25) is 10.3 Å². The van der Waals surface area contributed by atoms with E-state index < -0.39 is 12.0 Å². The highest BCUT2D eigenvalue weighted by Gasteiger charge is 2.37. The largest absolute Gasteiger partial charge is 0.480 e. The van der Waals surface area contributed by atoms with Gasteiger partial charge in [0.1, 0.15) is 34.0 Å². The first-order valence-corrected chi connectivity index (χ1v) is 15.0. The first kappa shape index (κ1) is 30.7. The van der Waals surface area contributed by atoms with Gasteiger partial charge in [0.25, 0.3) is 0 Å². The van der Waals surface area contributed by atoms with Crippen LogP contribution in [0.5, 0.6) is 0 Å². The molecule has 0 aliphatic carbocycles. The van der Waals surface area contributed by atoms with Gasteiger partial charge in [-0.15, -0.1) is 0 Å². The number of nitrogens with zero attached hydrogens (tertiary/aromatic N) is 6. The summed E-state index contributed by atoms with van der Waals surface area (Å²) in [5.74, 6) is 1.04. The third-order valence-electron chi connectivity index (χ3n) is 8.08. The summed E-state index contributed by atoms with van der Waals surface area (Å²) < 4.78 is 4.85. The fourth-order valence-electron chi connectivity index (χ4n) is 5.53. The number of fused-ring (bicyclic) bond motifs is 2. The summed E-state index contributed by atoms with van der Waals surface area (Å²) in [7, 11) is 1.41. The predicted molar refractivity (Wildman–Crippen MR) is 168 cm³/mol. The quantitative estimate of drug-likeness (QED) is 0.195. The van der Waals surface area contributed by atoms with E-state index in [0.717, 1.165) is 51.5 Å². The third kappa shape index (κ3) is 5.90. The van der Waals surface area contributed by atoms with Gasteiger partial charge >= 0.3 is 11.9 Å². The van der Waals surface area contributed by atoms with Crippen molar-refractivity contribution in [2.45, 2.75) is 64.5 Å². The smallest absolute Gasteiger partial charge is 0.328 e. The van der Waals surface area contributed by atoms with E-state index in [1.54, 1.807) is 12.4 Å². The molecule has 1 N–H and O–H groups in total. The first-order chi connectivity index (χ1) is 20.5. The van der Waals surface area contributed by atoms with Crippen LogP contribution in [0.4, 0.5) is 11.6 Å². The van der Waals surface area contributed by atoms with E-state index in [-0.39, 0.29) is 12.0 Å². The number of hydrogen-bond acceptors (Lipinski definition) is 9. The summed E-state index contributed by atoms with van der Waals surface area (Å²) in [5.41, 5.74) is 2.21. The Labute approximate surface area is 260 Å². The maximum atomic E-state index is 11.8. The Kier molecular flexibility index (Phi) is 8.89. The molecule has 0 bridgehead atoms. The molecule has 0 radical (unpaired) electrons. The van der Waals surface area contributed by atoms with Crippen LogP contribution in [-0.4, -0.2) is 69.3 Å². The van der Waals surface area contributed by atoms with Crippen LogP contribution in [0, 0.1) is 0 Å². The maximum Gasteiger partial charge on any atom is 0.328 e. The molecule has 226 valence electrons. The van der Waals surface area contributed by atoms with Crippen molar-refractivity contribution < 1.29 is 19.4 Å². The monoisotopic (exact) mass is 624 g/mol. The lowest BCUT2D eigenvalue weighted by molar-refractivity contribution is -0.143. The van der Waals surface area contributed by atoms with Crippen LogP contribution < -0.4 is 9.80 Å². The Morgan fingerprint density at radius 3 is 1.56 bits per heavy atom. The lowest BCUT2D eigenvalue weighted by atomic mass is 9.97. The number of hydrogen-bond donors (Lipinski definition) is 1. The van der Waals surface area contributed by atoms with Gasteiger partial charge in [-0.3, -0.25) is 0 Å². The standard InChI is InChI=1S/C16H18ClN3O2.C15H16ClN3O2/c1-9(2)11-7-19-15(12-8-18-14(17)6-10(11)12)20-5-4-13(20)16(21)22-3;1-8(2)10-6-18-14(19-4-3-12(19)15(20)21)11-7-17-13(16)5-9(10)11/h6-9,13H,4-5H2,1-3H3;5-8,12H,3-4H2,1-2H3,(H,20,21)/t13-;12-/m00/s1. The molecule has 4 aromatic rings. The number of pyridine rings is 4. The highest BCUT2D eigenvalue weighted by atomic mass is 35.5. The molecule has 0 unspecified atom stereocenters. The molecule has 10 nitrogen and oxygen atoms in total. The molecule has 6 rings (SSSR count). The second-order valence-corrected chi connectivity index (χ2v) is 12.1. The fraction of sp³-hybridized carbons (Fsp3) is 0.419. The molecule has 4 aromatic heterocycles. The molecule has 6 heterocycles. The lowest BCUT2D eigenvalue weighted by Crippen LogP contribution is -2.53. The minimum absolute atomic E-state index is 0.226. The van der Waals surface area contributed by atoms with E-state index in [2.05, 4.69) is 47.6 Å². The van der Waals surface area contributed by atoms with Gasteiger partial charge in [-0.2, -0.15) is 0 Å². The molecule has 0 amide bonds. The van der Waals surface area contributed by atoms with Crippen LogP contribution in [0.1, 0.15) is 63.5 Å². The molecule has 43 heavy (non-hydrogen) atoms. The average molecular weight is 626 g/mol. The number of anilines is 2. The van der Waals surface area contributed by atoms with Crippen molar-refractivity contribution >= 4 is 68.3 Å². The van der Waals surface area contributed by atoms with Crippen LogP contribution in [0.15, 0.2) is 36.9 Å². The summed E-state index contributed by atoms with van der Waals surface area (Å²) in [6, 6.07) is 2.93. The summed E-state index contributed by atoms with van der Waals surface area (Å²) in [6.45, 7) is 9.90. The summed E-state index contributed by atoms with van der Waals surface area (Å²) >= 11 is 12.1. The van der Waals surface area contributed by atoms with E-state index in [4.69, 9.17) is 27.9 Å². The second kappa shape index (κ2) is 12.5. The molecule has 2 aliphatic heterocycles. The van der Waals surface area contributed by atoms with Gasteiger partial charge < -0.3 is 19.6 Å². The highest BCUT2D eigenvalue weighted by Crippen LogP contribution is 2.37. The minimum atomic E-state index is -0.814. The molecule has 0 aromatic carbocycles. The van der Waals surface area contributed by atoms with Crippen LogP contribution in [0.3, 0.4) is 0 Å². The van der Waals surface area contributed by atoms with Crippen LogP contribution >= 0.6 is 23.2 Å². The van der Waals surface area contributed by atoms with Crippen molar-refractivity contribution in [2.24, 2.45) is 0 Å². The van der Waals surface area contributed by atoms with Gasteiger partial charge in [0.05, 0.1) is 7.11 Å². The number of carbonyl (C=O) groups is 2. The summed E-state index contributed by atoms with van der Waals surface area (Å²) in [6.07, 6.45) is 8.52. The van der Waals surface area contributed by atoms with E-state index >= 15 is 0 Å². The number of carboxylic acids is 1. The Morgan fingerprint density at radius 1 is 0.767 bits per heavy atom. The number of aromatic nitrogens is 4. The molecule has 12 heteroatoms. The molecule has 2 fully saturated rings. The Balaban J connectivity index is 0.000000171. The van der Waals surface area contributed by atoms with Gasteiger partial charge in [0.2, 0.25) is 0 Å². The number of halogens is 2. The Morgan fingerprint density at radius 2 is 1.21 bits per heavy atom. The van der Waals surface area contributed by atoms with Gasteiger partial charge in [0.15, 0.2) is 0 Å². The molecular formula is C31H34Cl2N6O4. The number of ether oxygens (including phenoxy) is 1. The SMILES string of the molecule is CC(C)c1cnc(N2CC[C@H]2C(=O)O)c2cnc(Cl)cc12.COC(=O)[C@@H]1CCN1c1ncc(C(C)C)c2cc(Cl)ncc12. The van der Waals surface area contributed by atoms with Crippen molar-refractivity contribution in [2.75, 3.05) is 30.0 Å². The van der Waals surface area contributed by atoms with Crippen molar-refractivity contribution in [3.05, 3.63) is 58.4 Å². The van der Waals surface area contributed by atoms with Crippen molar-refractivity contribution in [3.8, 4) is 0 Å². The number of rotatable bonds is 6.